The van der Waals surface area contributed by atoms with E-state index in [0.717, 1.165) is 13.2 Å². The third-order valence-electron chi connectivity index (χ3n) is 1.58. The van der Waals surface area contributed by atoms with Crippen molar-refractivity contribution in [2.75, 3.05) is 13.2 Å². The molecule has 2 fully saturated rings. The van der Waals surface area contributed by atoms with Gasteiger partial charge >= 0.3 is 0 Å². The van der Waals surface area contributed by atoms with Crippen LogP contribution in [0.3, 0.4) is 0 Å². The first-order valence-electron chi connectivity index (χ1n) is 2.75. The van der Waals surface area contributed by atoms with Crippen LogP contribution in [0.4, 0.5) is 0 Å². The largest absolute Gasteiger partial charge is 0.657 e. The summed E-state index contributed by atoms with van der Waals surface area (Å²) >= 11 is 0. The zero-order chi connectivity index (χ0) is 4.69. The van der Waals surface area contributed by atoms with Gasteiger partial charge in [0, 0.05) is 21.1 Å². The average Bonchev–Trinajstić information content (AvgIpc) is 2.10. The molecule has 2 nitrogen and oxygen atoms in total. The van der Waals surface area contributed by atoms with Gasteiger partial charge in [-0.15, -0.1) is 6.04 Å². The maximum atomic E-state index is 5.02. The van der Waals surface area contributed by atoms with Gasteiger partial charge in [0.05, 0.1) is 12.7 Å². The summed E-state index contributed by atoms with van der Waals surface area (Å²) < 4.78 is 5.02. The number of epoxide rings is 1. The fraction of sp³-hybridized carbons (Fsp3) is 1.00. The first-order valence-corrected chi connectivity index (χ1v) is 2.75. The Morgan fingerprint density at radius 3 is 2.25 bits per heavy atom. The number of rotatable bonds is 1. The summed E-state index contributed by atoms with van der Waals surface area (Å²) in [4.78, 5) is 0. The molecule has 0 saturated carbocycles. The maximum Gasteiger partial charge on any atom is 0.0718 e. The minimum absolute atomic E-state index is 0. The van der Waals surface area contributed by atoms with Crippen molar-refractivity contribution in [2.45, 2.75) is 18.6 Å². The first kappa shape index (κ1) is 6.72. The topological polar surface area (TPSA) is 26.6 Å². The van der Waals surface area contributed by atoms with E-state index < -0.39 is 0 Å². The standard InChI is InChI=1S/C5H8NO.W/c1-2-6-4(1)5-3-7-5;/h4-5H,1-3H2;/q-1;. The fourth-order valence-corrected chi connectivity index (χ4v) is 0.859. The SMILES string of the molecule is C1CC(C2CO2)[N-]1.[W]. The molecule has 0 bridgehead atoms. The molecule has 2 aliphatic rings. The molecule has 8 heavy (non-hydrogen) atoms. The van der Waals surface area contributed by atoms with Crippen LogP contribution in [0.5, 0.6) is 0 Å². The van der Waals surface area contributed by atoms with Crippen molar-refractivity contribution in [3.8, 4) is 0 Å². The second-order valence-corrected chi connectivity index (χ2v) is 2.13. The molecular weight excluding hydrogens is 274 g/mol. The summed E-state index contributed by atoms with van der Waals surface area (Å²) in [6.07, 6.45) is 1.80. The summed E-state index contributed by atoms with van der Waals surface area (Å²) in [6, 6.07) is 0.597. The molecule has 0 aromatic heterocycles. The molecule has 0 N–H and O–H groups in total. The molecule has 3 heteroatoms. The molecule has 2 unspecified atom stereocenters. The van der Waals surface area contributed by atoms with E-state index in [1.807, 2.05) is 0 Å². The monoisotopic (exact) mass is 282 g/mol. The van der Waals surface area contributed by atoms with Crippen molar-refractivity contribution in [1.82, 2.24) is 0 Å². The van der Waals surface area contributed by atoms with E-state index in [1.165, 1.54) is 6.42 Å². The van der Waals surface area contributed by atoms with Crippen molar-refractivity contribution < 1.29 is 25.8 Å². The van der Waals surface area contributed by atoms with Gasteiger partial charge in [-0.05, 0) is 0 Å². The number of nitrogens with zero attached hydrogens (tertiary/aromatic N) is 1. The Kier molecular flexibility index (Phi) is 2.07. The Hall–Kier alpha value is 0.608. The molecule has 2 aliphatic heterocycles. The molecule has 0 radical (unpaired) electrons. The molecule has 2 saturated heterocycles. The zero-order valence-corrected chi connectivity index (χ0v) is 7.47. The van der Waals surface area contributed by atoms with Crippen molar-refractivity contribution >= 4 is 0 Å². The van der Waals surface area contributed by atoms with Crippen LogP contribution in [0.25, 0.3) is 5.32 Å². The number of hydrogen-bond acceptors (Lipinski definition) is 1. The molecule has 2 atom stereocenters. The quantitative estimate of drug-likeness (QED) is 0.644. The minimum atomic E-state index is 0. The van der Waals surface area contributed by atoms with Gasteiger partial charge < -0.3 is 10.1 Å². The normalized spacial score (nSPS) is 42.0. The Morgan fingerprint density at radius 2 is 2.12 bits per heavy atom. The van der Waals surface area contributed by atoms with Gasteiger partial charge in [-0.3, -0.25) is 0 Å². The predicted octanol–water partition coefficient (Wildman–Crippen LogP) is 0.529. The Labute approximate surface area is 63.2 Å². The van der Waals surface area contributed by atoms with E-state index in [4.69, 9.17) is 4.74 Å². The maximum absolute atomic E-state index is 5.02. The van der Waals surface area contributed by atoms with Crippen LogP contribution in [0.15, 0.2) is 0 Å². The van der Waals surface area contributed by atoms with Crippen LogP contribution in [0.1, 0.15) is 6.42 Å². The van der Waals surface area contributed by atoms with Gasteiger partial charge in [-0.25, -0.2) is 0 Å². The molecule has 0 spiro atoms. The van der Waals surface area contributed by atoms with E-state index in [0.29, 0.717) is 12.1 Å². The van der Waals surface area contributed by atoms with Crippen molar-refractivity contribution in [2.24, 2.45) is 0 Å². The molecule has 0 aliphatic carbocycles. The van der Waals surface area contributed by atoms with E-state index in [-0.39, 0.29) is 21.1 Å². The van der Waals surface area contributed by atoms with Gasteiger partial charge in [0.15, 0.2) is 0 Å². The van der Waals surface area contributed by atoms with Gasteiger partial charge in [0.25, 0.3) is 0 Å². The van der Waals surface area contributed by atoms with E-state index in [9.17, 15) is 0 Å². The van der Waals surface area contributed by atoms with Gasteiger partial charge in [0.2, 0.25) is 0 Å². The van der Waals surface area contributed by atoms with Crippen molar-refractivity contribution in [3.05, 3.63) is 5.32 Å². The second kappa shape index (κ2) is 2.47. The smallest absolute Gasteiger partial charge is 0.0718 e. The second-order valence-electron chi connectivity index (χ2n) is 2.13. The molecule has 0 aromatic carbocycles. The third kappa shape index (κ3) is 1.12. The van der Waals surface area contributed by atoms with Crippen molar-refractivity contribution in [3.63, 3.8) is 0 Å². The van der Waals surface area contributed by atoms with E-state index in [2.05, 4.69) is 5.32 Å². The van der Waals surface area contributed by atoms with Crippen LogP contribution in [0.2, 0.25) is 0 Å². The summed E-state index contributed by atoms with van der Waals surface area (Å²) in [7, 11) is 0. The number of ether oxygens (including phenoxy) is 1. The van der Waals surface area contributed by atoms with Crippen LogP contribution in [-0.4, -0.2) is 25.3 Å². The Morgan fingerprint density at radius 1 is 1.50 bits per heavy atom. The molecular formula is C5H8NOW-. The molecule has 2 heterocycles. The van der Waals surface area contributed by atoms with Crippen LogP contribution in [0, 0.1) is 0 Å². The fourth-order valence-electron chi connectivity index (χ4n) is 0.859. The average molecular weight is 282 g/mol. The van der Waals surface area contributed by atoms with Crippen LogP contribution in [-0.2, 0) is 25.8 Å². The molecule has 46 valence electrons. The molecule has 0 amide bonds. The summed E-state index contributed by atoms with van der Waals surface area (Å²) in [5, 5.41) is 4.21. The van der Waals surface area contributed by atoms with Gasteiger partial charge in [-0.1, -0.05) is 6.42 Å². The van der Waals surface area contributed by atoms with Crippen LogP contribution < -0.4 is 0 Å². The summed E-state index contributed by atoms with van der Waals surface area (Å²) in [6.45, 7) is 2.04. The van der Waals surface area contributed by atoms with E-state index in [1.54, 1.807) is 0 Å². The Balaban J connectivity index is 0.000000320. The molecule has 0 aromatic rings. The first-order chi connectivity index (χ1) is 3.47. The predicted molar refractivity (Wildman–Crippen MR) is 26.4 cm³/mol. The minimum Gasteiger partial charge on any atom is -0.657 e. The summed E-state index contributed by atoms with van der Waals surface area (Å²) in [5.74, 6) is 0. The number of hydrogen-bond donors (Lipinski definition) is 0. The van der Waals surface area contributed by atoms with Gasteiger partial charge in [-0.2, -0.15) is 6.54 Å². The Bertz CT molecular complexity index is 80.5. The molecule has 2 rings (SSSR count). The third-order valence-corrected chi connectivity index (χ3v) is 1.58. The van der Waals surface area contributed by atoms with Crippen molar-refractivity contribution in [1.29, 1.82) is 0 Å². The summed E-state index contributed by atoms with van der Waals surface area (Å²) in [5.41, 5.74) is 0. The van der Waals surface area contributed by atoms with Gasteiger partial charge in [0.1, 0.15) is 0 Å². The van der Waals surface area contributed by atoms with Crippen LogP contribution >= 0.6 is 0 Å². The van der Waals surface area contributed by atoms with E-state index >= 15 is 0 Å². The zero-order valence-electron chi connectivity index (χ0n) is 4.54.